The molecule has 0 atom stereocenters. The van der Waals surface area contributed by atoms with Gasteiger partial charge in [-0.25, -0.2) is 0 Å². The Morgan fingerprint density at radius 1 is 1.25 bits per heavy atom. The van der Waals surface area contributed by atoms with E-state index in [1.807, 2.05) is 6.92 Å². The van der Waals surface area contributed by atoms with Crippen molar-refractivity contribution in [3.63, 3.8) is 0 Å². The molecule has 1 rings (SSSR count). The van der Waals surface area contributed by atoms with Crippen LogP contribution < -0.4 is 4.74 Å². The normalized spacial score (nSPS) is 9.69. The molecule has 86 valence electrons. The first-order valence-electron chi connectivity index (χ1n) is 4.83. The molecule has 0 N–H and O–H groups in total. The molecule has 0 bridgehead atoms. The highest BCUT2D eigenvalue weighted by molar-refractivity contribution is 6.06. The van der Waals surface area contributed by atoms with Gasteiger partial charge in [0, 0.05) is 5.56 Å². The Balaban J connectivity index is 2.88. The van der Waals surface area contributed by atoms with Crippen molar-refractivity contribution in [3.05, 3.63) is 29.3 Å². The monoisotopic (exact) mass is 222 g/mol. The first-order valence-corrected chi connectivity index (χ1v) is 4.83. The summed E-state index contributed by atoms with van der Waals surface area (Å²) in [6.45, 7) is 1.88. The number of aryl methyl sites for hydroxylation is 1. The molecule has 4 nitrogen and oxygen atoms in total. The van der Waals surface area contributed by atoms with Gasteiger partial charge in [-0.05, 0) is 18.6 Å². The predicted octanol–water partition coefficient (Wildman–Crippen LogP) is 1.75. The van der Waals surface area contributed by atoms with Crippen LogP contribution in [0.4, 0.5) is 0 Å². The van der Waals surface area contributed by atoms with Gasteiger partial charge >= 0.3 is 5.97 Å². The second kappa shape index (κ2) is 5.30. The number of benzene rings is 1. The van der Waals surface area contributed by atoms with E-state index in [9.17, 15) is 9.59 Å². The molecule has 0 aliphatic heterocycles. The number of Topliss-reactive ketones (excluding diaryl/α,β-unsaturated/α-hetero) is 1. The number of esters is 1. The van der Waals surface area contributed by atoms with Gasteiger partial charge in [0.15, 0.2) is 5.78 Å². The maximum absolute atomic E-state index is 11.6. The third-order valence-electron chi connectivity index (χ3n) is 2.26. The van der Waals surface area contributed by atoms with Crippen molar-refractivity contribution in [1.82, 2.24) is 0 Å². The minimum atomic E-state index is -0.537. The molecule has 0 spiro atoms. The van der Waals surface area contributed by atoms with E-state index >= 15 is 0 Å². The Morgan fingerprint density at radius 3 is 2.50 bits per heavy atom. The first-order chi connectivity index (χ1) is 7.58. The second-order valence-electron chi connectivity index (χ2n) is 3.36. The van der Waals surface area contributed by atoms with Gasteiger partial charge in [0.2, 0.25) is 0 Å². The standard InChI is InChI=1S/C12H14O4/c1-8-4-5-9(6-11(8)15-2)10(13)7-12(14)16-3/h4-6H,7H2,1-3H3. The summed E-state index contributed by atoms with van der Waals surface area (Å²) >= 11 is 0. The van der Waals surface area contributed by atoms with Crippen molar-refractivity contribution in [2.45, 2.75) is 13.3 Å². The SMILES string of the molecule is COC(=O)CC(=O)c1ccc(C)c(OC)c1. The van der Waals surface area contributed by atoms with Gasteiger partial charge in [-0.1, -0.05) is 12.1 Å². The summed E-state index contributed by atoms with van der Waals surface area (Å²) in [4.78, 5) is 22.6. The average molecular weight is 222 g/mol. The number of ketones is 1. The summed E-state index contributed by atoms with van der Waals surface area (Å²) in [5.74, 6) is -0.176. The summed E-state index contributed by atoms with van der Waals surface area (Å²) in [6, 6.07) is 5.08. The quantitative estimate of drug-likeness (QED) is 0.442. The van der Waals surface area contributed by atoms with Crippen molar-refractivity contribution in [2.24, 2.45) is 0 Å². The Hall–Kier alpha value is -1.84. The van der Waals surface area contributed by atoms with Crippen molar-refractivity contribution in [2.75, 3.05) is 14.2 Å². The Kier molecular flexibility index (Phi) is 4.05. The summed E-state index contributed by atoms with van der Waals surface area (Å²) in [7, 11) is 2.79. The fourth-order valence-corrected chi connectivity index (χ4v) is 1.30. The fraction of sp³-hybridized carbons (Fsp3) is 0.333. The molecule has 0 aliphatic rings. The van der Waals surface area contributed by atoms with Crippen molar-refractivity contribution >= 4 is 11.8 Å². The largest absolute Gasteiger partial charge is 0.496 e. The van der Waals surface area contributed by atoms with Crippen LogP contribution in [0, 0.1) is 6.92 Å². The lowest BCUT2D eigenvalue weighted by atomic mass is 10.1. The second-order valence-corrected chi connectivity index (χ2v) is 3.36. The number of carbonyl (C=O) groups excluding carboxylic acids is 2. The van der Waals surface area contributed by atoms with E-state index in [0.717, 1.165) is 5.56 Å². The minimum absolute atomic E-state index is 0.247. The van der Waals surface area contributed by atoms with Crippen LogP contribution in [0.25, 0.3) is 0 Å². The van der Waals surface area contributed by atoms with E-state index in [-0.39, 0.29) is 12.2 Å². The third kappa shape index (κ3) is 2.82. The van der Waals surface area contributed by atoms with Gasteiger partial charge in [-0.2, -0.15) is 0 Å². The molecule has 0 fully saturated rings. The Labute approximate surface area is 94.2 Å². The molecule has 0 unspecified atom stereocenters. The molecule has 4 heteroatoms. The summed E-state index contributed by atoms with van der Waals surface area (Å²) in [5.41, 5.74) is 1.39. The lowest BCUT2D eigenvalue weighted by Gasteiger charge is -2.06. The number of carbonyl (C=O) groups is 2. The zero-order valence-corrected chi connectivity index (χ0v) is 9.57. The highest BCUT2D eigenvalue weighted by Gasteiger charge is 2.13. The molecule has 0 aromatic heterocycles. The highest BCUT2D eigenvalue weighted by atomic mass is 16.5. The van der Waals surface area contributed by atoms with Crippen LogP contribution in [0.1, 0.15) is 22.3 Å². The van der Waals surface area contributed by atoms with Gasteiger partial charge < -0.3 is 9.47 Å². The average Bonchev–Trinajstić information content (AvgIpc) is 2.29. The molecule has 0 aliphatic carbocycles. The Bertz CT molecular complexity index is 409. The summed E-state index contributed by atoms with van der Waals surface area (Å²) < 4.78 is 9.53. The minimum Gasteiger partial charge on any atom is -0.496 e. The molecular weight excluding hydrogens is 208 g/mol. The molecule has 1 aromatic rings. The zero-order valence-electron chi connectivity index (χ0n) is 9.57. The van der Waals surface area contributed by atoms with E-state index in [1.165, 1.54) is 14.2 Å². The van der Waals surface area contributed by atoms with Crippen LogP contribution in [0.15, 0.2) is 18.2 Å². The van der Waals surface area contributed by atoms with E-state index < -0.39 is 5.97 Å². The molecule has 0 amide bonds. The highest BCUT2D eigenvalue weighted by Crippen LogP contribution is 2.19. The number of methoxy groups -OCH3 is 2. The van der Waals surface area contributed by atoms with E-state index in [1.54, 1.807) is 18.2 Å². The lowest BCUT2D eigenvalue weighted by molar-refractivity contribution is -0.139. The number of ether oxygens (including phenoxy) is 2. The molecular formula is C12H14O4. The number of hydrogen-bond acceptors (Lipinski definition) is 4. The molecule has 0 heterocycles. The van der Waals surface area contributed by atoms with Gasteiger partial charge in [0.1, 0.15) is 12.2 Å². The van der Waals surface area contributed by atoms with Crippen molar-refractivity contribution < 1.29 is 19.1 Å². The first kappa shape index (κ1) is 12.2. The molecule has 0 saturated carbocycles. The van der Waals surface area contributed by atoms with Crippen molar-refractivity contribution in [3.8, 4) is 5.75 Å². The summed E-state index contributed by atoms with van der Waals surface area (Å²) in [5, 5.41) is 0. The van der Waals surface area contributed by atoms with Gasteiger partial charge in [-0.3, -0.25) is 9.59 Å². The van der Waals surface area contributed by atoms with Crippen LogP contribution in [-0.2, 0) is 9.53 Å². The third-order valence-corrected chi connectivity index (χ3v) is 2.26. The van der Waals surface area contributed by atoms with Crippen LogP contribution in [-0.4, -0.2) is 26.0 Å². The smallest absolute Gasteiger partial charge is 0.313 e. The number of hydrogen-bond donors (Lipinski definition) is 0. The van der Waals surface area contributed by atoms with Crippen LogP contribution in [0.2, 0.25) is 0 Å². The zero-order chi connectivity index (χ0) is 12.1. The predicted molar refractivity (Wildman–Crippen MR) is 58.7 cm³/mol. The fourth-order valence-electron chi connectivity index (χ4n) is 1.30. The molecule has 0 saturated heterocycles. The lowest BCUT2D eigenvalue weighted by Crippen LogP contribution is -2.09. The molecule has 0 radical (unpaired) electrons. The van der Waals surface area contributed by atoms with E-state index in [2.05, 4.69) is 4.74 Å². The topological polar surface area (TPSA) is 52.6 Å². The summed E-state index contributed by atoms with van der Waals surface area (Å²) in [6.07, 6.45) is -0.247. The van der Waals surface area contributed by atoms with Gasteiger partial charge in [-0.15, -0.1) is 0 Å². The van der Waals surface area contributed by atoms with E-state index in [4.69, 9.17) is 4.74 Å². The van der Waals surface area contributed by atoms with Crippen LogP contribution in [0.5, 0.6) is 5.75 Å². The van der Waals surface area contributed by atoms with Crippen molar-refractivity contribution in [1.29, 1.82) is 0 Å². The van der Waals surface area contributed by atoms with Gasteiger partial charge in [0.25, 0.3) is 0 Å². The Morgan fingerprint density at radius 2 is 1.94 bits per heavy atom. The van der Waals surface area contributed by atoms with Gasteiger partial charge in [0.05, 0.1) is 14.2 Å². The molecule has 16 heavy (non-hydrogen) atoms. The number of rotatable bonds is 4. The van der Waals surface area contributed by atoms with Crippen LogP contribution >= 0.6 is 0 Å². The van der Waals surface area contributed by atoms with E-state index in [0.29, 0.717) is 11.3 Å². The maximum Gasteiger partial charge on any atom is 0.313 e. The molecule has 1 aromatic carbocycles. The van der Waals surface area contributed by atoms with Crippen LogP contribution in [0.3, 0.4) is 0 Å². The maximum atomic E-state index is 11.6.